The summed E-state index contributed by atoms with van der Waals surface area (Å²) in [5.74, 6) is 1.71. The highest BCUT2D eigenvalue weighted by Gasteiger charge is 2.29. The standard InChI is InChI=1S/C12H15NO2S/c1-7-12(13)8-5-9-10(6-11(8)16-7)15-4-2-3-14-9/h5-7,12H,2-4,13H2,1H3. The zero-order chi connectivity index (χ0) is 11.1. The minimum Gasteiger partial charge on any atom is -0.490 e. The molecule has 0 spiro atoms. The lowest BCUT2D eigenvalue weighted by Crippen LogP contribution is -2.16. The Hall–Kier alpha value is -0.870. The van der Waals surface area contributed by atoms with E-state index in [-0.39, 0.29) is 6.04 Å². The minimum atomic E-state index is 0.108. The first-order chi connectivity index (χ1) is 7.75. The van der Waals surface area contributed by atoms with Gasteiger partial charge < -0.3 is 15.2 Å². The normalized spacial score (nSPS) is 27.4. The van der Waals surface area contributed by atoms with Gasteiger partial charge >= 0.3 is 0 Å². The molecule has 0 radical (unpaired) electrons. The van der Waals surface area contributed by atoms with Gasteiger partial charge in [0.1, 0.15) is 0 Å². The monoisotopic (exact) mass is 237 g/mol. The fraction of sp³-hybridized carbons (Fsp3) is 0.500. The smallest absolute Gasteiger partial charge is 0.162 e. The second kappa shape index (κ2) is 3.86. The van der Waals surface area contributed by atoms with Crippen molar-refractivity contribution in [1.29, 1.82) is 0 Å². The number of hydrogen-bond acceptors (Lipinski definition) is 4. The molecule has 2 atom stereocenters. The number of nitrogens with two attached hydrogens (primary N) is 1. The van der Waals surface area contributed by atoms with Crippen molar-refractivity contribution in [2.45, 2.75) is 29.5 Å². The lowest BCUT2D eigenvalue weighted by molar-refractivity contribution is 0.296. The first-order valence-electron chi connectivity index (χ1n) is 5.61. The van der Waals surface area contributed by atoms with Crippen LogP contribution in [0.15, 0.2) is 17.0 Å². The van der Waals surface area contributed by atoms with E-state index in [1.54, 1.807) is 0 Å². The van der Waals surface area contributed by atoms with Crippen LogP contribution >= 0.6 is 11.8 Å². The zero-order valence-electron chi connectivity index (χ0n) is 9.23. The van der Waals surface area contributed by atoms with Crippen LogP contribution in [0, 0.1) is 0 Å². The molecule has 2 unspecified atom stereocenters. The summed E-state index contributed by atoms with van der Waals surface area (Å²) >= 11 is 1.82. The molecule has 4 heteroatoms. The summed E-state index contributed by atoms with van der Waals surface area (Å²) in [6.45, 7) is 3.62. The quantitative estimate of drug-likeness (QED) is 0.752. The maximum Gasteiger partial charge on any atom is 0.162 e. The molecule has 2 heterocycles. The molecule has 2 aliphatic heterocycles. The number of thioether (sulfide) groups is 1. The van der Waals surface area contributed by atoms with E-state index in [2.05, 4.69) is 19.1 Å². The van der Waals surface area contributed by atoms with Gasteiger partial charge in [-0.3, -0.25) is 0 Å². The van der Waals surface area contributed by atoms with Crippen LogP contribution in [0.1, 0.15) is 24.9 Å². The predicted octanol–water partition coefficient (Wildman–Crippen LogP) is 2.34. The summed E-state index contributed by atoms with van der Waals surface area (Å²) in [4.78, 5) is 1.24. The van der Waals surface area contributed by atoms with Crippen molar-refractivity contribution in [2.75, 3.05) is 13.2 Å². The molecule has 0 saturated carbocycles. The van der Waals surface area contributed by atoms with Gasteiger partial charge in [0.25, 0.3) is 0 Å². The van der Waals surface area contributed by atoms with Gasteiger partial charge in [-0.25, -0.2) is 0 Å². The Bertz CT molecular complexity index is 421. The van der Waals surface area contributed by atoms with Crippen LogP contribution in [-0.2, 0) is 0 Å². The largest absolute Gasteiger partial charge is 0.490 e. The summed E-state index contributed by atoms with van der Waals surface area (Å²) in [5, 5.41) is 0.432. The topological polar surface area (TPSA) is 44.5 Å². The summed E-state index contributed by atoms with van der Waals surface area (Å²) < 4.78 is 11.3. The molecule has 0 bridgehead atoms. The Morgan fingerprint density at radius 3 is 2.69 bits per heavy atom. The van der Waals surface area contributed by atoms with E-state index in [4.69, 9.17) is 15.2 Å². The lowest BCUT2D eigenvalue weighted by atomic mass is 10.1. The Balaban J connectivity index is 2.05. The van der Waals surface area contributed by atoms with E-state index in [0.717, 1.165) is 31.1 Å². The molecule has 0 saturated heterocycles. The zero-order valence-corrected chi connectivity index (χ0v) is 10.0. The van der Waals surface area contributed by atoms with Crippen molar-refractivity contribution in [3.63, 3.8) is 0 Å². The van der Waals surface area contributed by atoms with Crippen LogP contribution in [-0.4, -0.2) is 18.5 Å². The Morgan fingerprint density at radius 2 is 1.94 bits per heavy atom. The molecule has 3 rings (SSSR count). The Labute approximate surface area is 99.3 Å². The number of benzene rings is 1. The van der Waals surface area contributed by atoms with Gasteiger partial charge in [0.05, 0.1) is 13.2 Å². The third-order valence-electron chi connectivity index (χ3n) is 3.06. The SMILES string of the molecule is CC1Sc2cc3c(cc2C1N)OCCCO3. The third kappa shape index (κ3) is 1.57. The Kier molecular flexibility index (Phi) is 2.48. The van der Waals surface area contributed by atoms with Crippen LogP contribution in [0.2, 0.25) is 0 Å². The highest BCUT2D eigenvalue weighted by molar-refractivity contribution is 8.00. The number of fused-ring (bicyclic) bond motifs is 2. The van der Waals surface area contributed by atoms with Gasteiger partial charge in [0.15, 0.2) is 11.5 Å². The predicted molar refractivity (Wildman–Crippen MR) is 64.3 cm³/mol. The molecule has 2 aliphatic rings. The molecule has 2 N–H and O–H groups in total. The molecule has 1 aromatic rings. The van der Waals surface area contributed by atoms with Gasteiger partial charge in [0.2, 0.25) is 0 Å². The van der Waals surface area contributed by atoms with E-state index in [1.165, 1.54) is 10.5 Å². The fourth-order valence-corrected chi connectivity index (χ4v) is 3.29. The number of hydrogen-bond donors (Lipinski definition) is 1. The van der Waals surface area contributed by atoms with Crippen LogP contribution in [0.5, 0.6) is 11.5 Å². The fourth-order valence-electron chi connectivity index (χ4n) is 2.09. The van der Waals surface area contributed by atoms with Crippen LogP contribution in [0.3, 0.4) is 0 Å². The van der Waals surface area contributed by atoms with Gasteiger partial charge in [-0.1, -0.05) is 6.92 Å². The van der Waals surface area contributed by atoms with Gasteiger partial charge in [0, 0.05) is 22.6 Å². The van der Waals surface area contributed by atoms with Crippen LogP contribution < -0.4 is 15.2 Å². The van der Waals surface area contributed by atoms with Crippen molar-refractivity contribution in [2.24, 2.45) is 5.73 Å². The average Bonchev–Trinajstić information content (AvgIpc) is 2.48. The molecule has 0 aromatic heterocycles. The van der Waals surface area contributed by atoms with E-state index in [0.29, 0.717) is 5.25 Å². The molecule has 1 aromatic carbocycles. The maximum absolute atomic E-state index is 6.14. The van der Waals surface area contributed by atoms with Crippen molar-refractivity contribution in [3.05, 3.63) is 17.7 Å². The molecule has 0 aliphatic carbocycles. The van der Waals surface area contributed by atoms with Crippen molar-refractivity contribution in [3.8, 4) is 11.5 Å². The molecular weight excluding hydrogens is 222 g/mol. The van der Waals surface area contributed by atoms with Crippen molar-refractivity contribution < 1.29 is 9.47 Å². The maximum atomic E-state index is 6.14. The van der Waals surface area contributed by atoms with E-state index < -0.39 is 0 Å². The second-order valence-electron chi connectivity index (χ2n) is 4.24. The highest BCUT2D eigenvalue weighted by Crippen LogP contribution is 2.47. The van der Waals surface area contributed by atoms with Crippen LogP contribution in [0.4, 0.5) is 0 Å². The Morgan fingerprint density at radius 1 is 1.25 bits per heavy atom. The summed E-state index contributed by atoms with van der Waals surface area (Å²) in [7, 11) is 0. The van der Waals surface area contributed by atoms with Crippen molar-refractivity contribution >= 4 is 11.8 Å². The summed E-state index contributed by atoms with van der Waals surface area (Å²) in [6, 6.07) is 4.23. The summed E-state index contributed by atoms with van der Waals surface area (Å²) in [5.41, 5.74) is 7.34. The van der Waals surface area contributed by atoms with Gasteiger partial charge in [-0.15, -0.1) is 11.8 Å². The van der Waals surface area contributed by atoms with E-state index in [1.807, 2.05) is 11.8 Å². The molecule has 3 nitrogen and oxygen atoms in total. The summed E-state index contributed by atoms with van der Waals surface area (Å²) in [6.07, 6.45) is 0.939. The minimum absolute atomic E-state index is 0.108. The average molecular weight is 237 g/mol. The molecular formula is C12H15NO2S. The van der Waals surface area contributed by atoms with Gasteiger partial charge in [-0.2, -0.15) is 0 Å². The van der Waals surface area contributed by atoms with Crippen LogP contribution in [0.25, 0.3) is 0 Å². The highest BCUT2D eigenvalue weighted by atomic mass is 32.2. The van der Waals surface area contributed by atoms with Gasteiger partial charge in [-0.05, 0) is 17.7 Å². The number of ether oxygens (including phenoxy) is 2. The van der Waals surface area contributed by atoms with Crippen molar-refractivity contribution in [1.82, 2.24) is 0 Å². The van der Waals surface area contributed by atoms with E-state index in [9.17, 15) is 0 Å². The lowest BCUT2D eigenvalue weighted by Gasteiger charge is -2.11. The molecule has 0 fully saturated rings. The second-order valence-corrected chi connectivity index (χ2v) is 5.66. The first kappa shape index (κ1) is 10.3. The van der Waals surface area contributed by atoms with E-state index >= 15 is 0 Å². The number of rotatable bonds is 0. The molecule has 0 amide bonds. The molecule has 16 heavy (non-hydrogen) atoms. The third-order valence-corrected chi connectivity index (χ3v) is 4.33. The first-order valence-corrected chi connectivity index (χ1v) is 6.49. The molecule has 86 valence electrons.